The van der Waals surface area contributed by atoms with Crippen LogP contribution in [0.4, 0.5) is 13.2 Å². The molecule has 1 aromatic carbocycles. The van der Waals surface area contributed by atoms with Crippen molar-refractivity contribution in [1.82, 2.24) is 0 Å². The Bertz CT molecular complexity index is 618. The molecule has 1 aromatic rings. The SMILES string of the molecule is FC(F)(F)c1ccc(Cl)cc1/C(=N/OC1CCCC1)C1CCCCC1. The molecule has 2 aliphatic carbocycles. The molecular weight excluding hydrogens is 351 g/mol. The van der Waals surface area contributed by atoms with E-state index in [4.69, 9.17) is 16.4 Å². The second-order valence-electron chi connectivity index (χ2n) is 7.01. The number of halogens is 4. The van der Waals surface area contributed by atoms with Gasteiger partial charge >= 0.3 is 6.18 Å². The van der Waals surface area contributed by atoms with Gasteiger partial charge in [-0.15, -0.1) is 0 Å². The zero-order valence-corrected chi connectivity index (χ0v) is 14.9. The number of hydrogen-bond donors (Lipinski definition) is 0. The quantitative estimate of drug-likeness (QED) is 0.430. The highest BCUT2D eigenvalue weighted by Gasteiger charge is 2.36. The lowest BCUT2D eigenvalue weighted by Crippen LogP contribution is -2.23. The molecule has 2 fully saturated rings. The van der Waals surface area contributed by atoms with Crippen molar-refractivity contribution in [3.8, 4) is 0 Å². The maximum absolute atomic E-state index is 13.5. The molecule has 0 atom stereocenters. The smallest absolute Gasteiger partial charge is 0.392 e. The van der Waals surface area contributed by atoms with Gasteiger partial charge in [0.05, 0.1) is 11.3 Å². The second-order valence-corrected chi connectivity index (χ2v) is 7.45. The number of oxime groups is 1. The predicted molar refractivity (Wildman–Crippen MR) is 92.9 cm³/mol. The fraction of sp³-hybridized carbons (Fsp3) is 0.632. The third-order valence-corrected chi connectivity index (χ3v) is 5.39. The van der Waals surface area contributed by atoms with Crippen LogP contribution < -0.4 is 0 Å². The summed E-state index contributed by atoms with van der Waals surface area (Å²) in [7, 11) is 0. The van der Waals surface area contributed by atoms with E-state index in [1.165, 1.54) is 12.1 Å². The number of alkyl halides is 3. The topological polar surface area (TPSA) is 21.6 Å². The first-order chi connectivity index (χ1) is 11.9. The first-order valence-corrected chi connectivity index (χ1v) is 9.44. The first-order valence-electron chi connectivity index (χ1n) is 9.06. The van der Waals surface area contributed by atoms with Crippen molar-refractivity contribution >= 4 is 17.3 Å². The molecule has 6 heteroatoms. The van der Waals surface area contributed by atoms with E-state index in [1.54, 1.807) is 0 Å². The lowest BCUT2D eigenvalue weighted by molar-refractivity contribution is -0.137. The summed E-state index contributed by atoms with van der Waals surface area (Å²) in [4.78, 5) is 5.66. The van der Waals surface area contributed by atoms with Gasteiger partial charge in [0, 0.05) is 16.5 Å². The Morgan fingerprint density at radius 2 is 1.64 bits per heavy atom. The van der Waals surface area contributed by atoms with Crippen LogP contribution in [0.25, 0.3) is 0 Å². The largest absolute Gasteiger partial charge is 0.417 e. The van der Waals surface area contributed by atoms with Crippen LogP contribution in [0.1, 0.15) is 68.9 Å². The van der Waals surface area contributed by atoms with Crippen molar-refractivity contribution in [3.05, 3.63) is 34.3 Å². The van der Waals surface area contributed by atoms with E-state index in [0.717, 1.165) is 63.9 Å². The maximum Gasteiger partial charge on any atom is 0.417 e. The third-order valence-electron chi connectivity index (χ3n) is 5.16. The van der Waals surface area contributed by atoms with Crippen LogP contribution in [-0.2, 0) is 11.0 Å². The van der Waals surface area contributed by atoms with Gasteiger partial charge in [0.2, 0.25) is 0 Å². The highest BCUT2D eigenvalue weighted by atomic mass is 35.5. The first kappa shape index (κ1) is 18.6. The number of benzene rings is 1. The van der Waals surface area contributed by atoms with Crippen molar-refractivity contribution < 1.29 is 18.0 Å². The van der Waals surface area contributed by atoms with Crippen LogP contribution in [0, 0.1) is 5.92 Å². The summed E-state index contributed by atoms with van der Waals surface area (Å²) < 4.78 is 40.5. The molecule has 3 rings (SSSR count). The van der Waals surface area contributed by atoms with Crippen molar-refractivity contribution in [1.29, 1.82) is 0 Å². The lowest BCUT2D eigenvalue weighted by Gasteiger charge is -2.25. The predicted octanol–water partition coefficient (Wildman–Crippen LogP) is 6.60. The highest BCUT2D eigenvalue weighted by Crippen LogP contribution is 2.37. The molecule has 2 nitrogen and oxygen atoms in total. The highest BCUT2D eigenvalue weighted by molar-refractivity contribution is 6.31. The zero-order chi connectivity index (χ0) is 17.9. The number of nitrogens with zero attached hydrogens (tertiary/aromatic N) is 1. The molecule has 0 aliphatic heterocycles. The molecule has 0 unspecified atom stereocenters. The van der Waals surface area contributed by atoms with E-state index in [0.29, 0.717) is 5.71 Å². The fourth-order valence-electron chi connectivity index (χ4n) is 3.82. The van der Waals surface area contributed by atoms with Gasteiger partial charge < -0.3 is 4.84 Å². The van der Waals surface area contributed by atoms with Gasteiger partial charge in [-0.3, -0.25) is 0 Å². The summed E-state index contributed by atoms with van der Waals surface area (Å²) in [6.07, 6.45) is 4.42. The summed E-state index contributed by atoms with van der Waals surface area (Å²) >= 11 is 6.01. The molecular formula is C19H23ClF3NO. The Kier molecular flexibility index (Phi) is 5.92. The van der Waals surface area contributed by atoms with Gasteiger partial charge in [0.15, 0.2) is 0 Å². The minimum Gasteiger partial charge on any atom is -0.392 e. The van der Waals surface area contributed by atoms with Crippen LogP contribution in [0.15, 0.2) is 23.4 Å². The van der Waals surface area contributed by atoms with Gasteiger partial charge in [-0.25, -0.2) is 0 Å². The van der Waals surface area contributed by atoms with Crippen LogP contribution >= 0.6 is 11.6 Å². The van der Waals surface area contributed by atoms with E-state index < -0.39 is 11.7 Å². The Balaban J connectivity index is 1.98. The van der Waals surface area contributed by atoms with Gasteiger partial charge in [0.25, 0.3) is 0 Å². The van der Waals surface area contributed by atoms with Gasteiger partial charge in [-0.05, 0) is 56.7 Å². The summed E-state index contributed by atoms with van der Waals surface area (Å²) in [6, 6.07) is 3.71. The molecule has 2 aliphatic rings. The van der Waals surface area contributed by atoms with E-state index in [1.807, 2.05) is 0 Å². The normalized spacial score (nSPS) is 20.9. The van der Waals surface area contributed by atoms with Crippen LogP contribution in [0.5, 0.6) is 0 Å². The van der Waals surface area contributed by atoms with Crippen LogP contribution in [-0.4, -0.2) is 11.8 Å². The molecule has 0 N–H and O–H groups in total. The summed E-state index contributed by atoms with van der Waals surface area (Å²) in [5, 5.41) is 4.56. The van der Waals surface area contributed by atoms with Gasteiger partial charge in [-0.2, -0.15) is 13.2 Å². The average Bonchev–Trinajstić information content (AvgIpc) is 3.08. The standard InChI is InChI=1S/C19H23ClF3NO/c20-14-10-11-17(19(21,22)23)16(12-14)18(13-6-2-1-3-7-13)24-25-15-8-4-5-9-15/h10-13,15H,1-9H2/b24-18+. The molecule has 2 saturated carbocycles. The molecule has 0 aromatic heterocycles. The van der Waals surface area contributed by atoms with Crippen molar-refractivity contribution in [2.24, 2.45) is 11.1 Å². The van der Waals surface area contributed by atoms with Gasteiger partial charge in [0.1, 0.15) is 6.10 Å². The number of hydrogen-bond acceptors (Lipinski definition) is 2. The van der Waals surface area contributed by atoms with Gasteiger partial charge in [-0.1, -0.05) is 36.0 Å². The lowest BCUT2D eigenvalue weighted by atomic mass is 9.82. The van der Waals surface area contributed by atoms with Crippen molar-refractivity contribution in [3.63, 3.8) is 0 Å². The Morgan fingerprint density at radius 1 is 1.00 bits per heavy atom. The second kappa shape index (κ2) is 7.98. The third kappa shape index (κ3) is 4.69. The monoisotopic (exact) mass is 373 g/mol. The molecule has 25 heavy (non-hydrogen) atoms. The van der Waals surface area contributed by atoms with Crippen LogP contribution in [0.3, 0.4) is 0 Å². The van der Waals surface area contributed by atoms with E-state index in [9.17, 15) is 13.2 Å². The molecule has 0 radical (unpaired) electrons. The maximum atomic E-state index is 13.5. The summed E-state index contributed by atoms with van der Waals surface area (Å²) in [5.74, 6) is -0.00489. The van der Waals surface area contributed by atoms with E-state index in [-0.39, 0.29) is 22.6 Å². The molecule has 0 bridgehead atoms. The zero-order valence-electron chi connectivity index (χ0n) is 14.1. The molecule has 0 heterocycles. The van der Waals surface area contributed by atoms with Crippen molar-refractivity contribution in [2.45, 2.75) is 70.1 Å². The molecule has 0 saturated heterocycles. The Labute approximate surface area is 151 Å². The number of rotatable bonds is 4. The van der Waals surface area contributed by atoms with E-state index >= 15 is 0 Å². The van der Waals surface area contributed by atoms with Crippen molar-refractivity contribution in [2.75, 3.05) is 0 Å². The minimum atomic E-state index is -4.44. The summed E-state index contributed by atoms with van der Waals surface area (Å²) in [6.45, 7) is 0. The Morgan fingerprint density at radius 3 is 2.28 bits per heavy atom. The molecule has 0 amide bonds. The molecule has 0 spiro atoms. The fourth-order valence-corrected chi connectivity index (χ4v) is 3.99. The Hall–Kier alpha value is -1.23. The van der Waals surface area contributed by atoms with E-state index in [2.05, 4.69) is 5.16 Å². The van der Waals surface area contributed by atoms with Crippen LogP contribution in [0.2, 0.25) is 5.02 Å². The average molecular weight is 374 g/mol. The minimum absolute atomic E-state index is 0.00489. The molecule has 138 valence electrons. The summed E-state index contributed by atoms with van der Waals surface area (Å²) in [5.41, 5.74) is -0.192.